The Hall–Kier alpha value is -5.56. The zero-order valence-corrected chi connectivity index (χ0v) is 50.8. The van der Waals surface area contributed by atoms with Gasteiger partial charge in [0, 0.05) is 75.1 Å². The number of anilines is 4. The van der Waals surface area contributed by atoms with Crippen molar-refractivity contribution < 1.29 is 19.5 Å². The number of nitrogens with zero attached hydrogens (tertiary/aromatic N) is 4. The molecule has 0 amide bonds. The average Bonchev–Trinajstić information content (AvgIpc) is 3.41. The molecule has 7 heteroatoms. The number of rotatable bonds is 19. The van der Waals surface area contributed by atoms with Crippen molar-refractivity contribution in [2.75, 3.05) is 72.0 Å². The van der Waals surface area contributed by atoms with Gasteiger partial charge in [-0.3, -0.25) is 0 Å². The monoisotopic (exact) mass is 1120 g/mol. The molecule has 0 saturated heterocycles. The molecule has 0 fully saturated rings. The molecule has 0 aliphatic heterocycles. The van der Waals surface area contributed by atoms with Gasteiger partial charge in [0.25, 0.3) is 0 Å². The Balaban J connectivity index is 0.00000108. The van der Waals surface area contributed by atoms with E-state index in [1.54, 1.807) is 0 Å². The molecule has 8 aromatic carbocycles. The Kier molecular flexibility index (Phi) is 23.9. The molecule has 4 nitrogen and oxygen atoms in total. The minimum absolute atomic E-state index is 0. The van der Waals surface area contributed by atoms with Gasteiger partial charge in [-0.15, -0.1) is 13.2 Å². The third-order valence-corrected chi connectivity index (χ3v) is 18.5. The fourth-order valence-corrected chi connectivity index (χ4v) is 14.7. The zero-order valence-electron chi connectivity index (χ0n) is 47.3. The quantitative estimate of drug-likeness (QED) is 0.0454. The van der Waals surface area contributed by atoms with E-state index in [0.717, 1.165) is 52.4 Å². The molecule has 0 unspecified atom stereocenters. The molecule has 8 aromatic rings. The van der Waals surface area contributed by atoms with Crippen molar-refractivity contribution in [1.29, 1.82) is 0 Å². The summed E-state index contributed by atoms with van der Waals surface area (Å²) in [7, 11) is -2.02. The largest absolute Gasteiger partial charge is 3.00 e. The van der Waals surface area contributed by atoms with E-state index < -0.39 is 15.8 Å². The van der Waals surface area contributed by atoms with E-state index in [4.69, 9.17) is 0 Å². The van der Waals surface area contributed by atoms with Gasteiger partial charge in [0.05, 0.1) is 0 Å². The predicted octanol–water partition coefficient (Wildman–Crippen LogP) is 15.7. The average molecular weight is 1120 g/mol. The van der Waals surface area contributed by atoms with E-state index in [1.807, 2.05) is 27.7 Å². The van der Waals surface area contributed by atoms with Crippen LogP contribution in [-0.4, -0.2) is 52.4 Å². The van der Waals surface area contributed by atoms with Crippen LogP contribution in [0.2, 0.25) is 0 Å². The Morgan fingerprint density at radius 3 is 0.747 bits per heavy atom. The summed E-state index contributed by atoms with van der Waals surface area (Å²) in [5.74, 6) is 0. The van der Waals surface area contributed by atoms with Gasteiger partial charge in [0.1, 0.15) is 0 Å². The molecule has 0 aromatic heterocycles. The summed E-state index contributed by atoms with van der Waals surface area (Å²) in [6.45, 7) is 40.8. The van der Waals surface area contributed by atoms with Crippen molar-refractivity contribution in [3.05, 3.63) is 194 Å². The summed E-state index contributed by atoms with van der Waals surface area (Å²) in [4.78, 5) is 9.78. The van der Waals surface area contributed by atoms with Crippen molar-refractivity contribution in [3.8, 4) is 11.1 Å². The summed E-state index contributed by atoms with van der Waals surface area (Å²) in [5.41, 5.74) is 10.1. The molecule has 0 spiro atoms. The standard InChI is InChI=1S/C60H68N4P2.2C4H8.Ru/c1-9-61(10-2)47-27-35-51(36-28-47)65(52-37-29-48(30-38-52)62(11-3)12-4)57-43-25-45-21-17-19-23-55(45)59(57)60-56-24-20-18-22-46(56)26-44-58(60)66(53-39-31-49(32-40-53)63(13-5)14-6)54-41-33-50(34-42-54)64(15-7)16-8;2*1-4(2)3;/h17-44H,9-16H2,1-8H3;2*1H2,2-3H3;/q;;;+3. The van der Waals surface area contributed by atoms with Crippen molar-refractivity contribution in [2.24, 2.45) is 0 Å². The molecule has 0 aliphatic rings. The third kappa shape index (κ3) is 14.9. The van der Waals surface area contributed by atoms with Gasteiger partial charge < -0.3 is 19.6 Å². The van der Waals surface area contributed by atoms with Crippen LogP contribution >= 0.6 is 15.8 Å². The first-order valence-electron chi connectivity index (χ1n) is 27.1. The number of hydrogen-bond acceptors (Lipinski definition) is 4. The molecule has 0 bridgehead atoms. The molecule has 75 heavy (non-hydrogen) atoms. The maximum Gasteiger partial charge on any atom is 3.00 e. The second-order valence-electron chi connectivity index (χ2n) is 19.2. The molecule has 0 saturated carbocycles. The van der Waals surface area contributed by atoms with E-state index >= 15 is 0 Å². The summed E-state index contributed by atoms with van der Waals surface area (Å²) < 4.78 is 0. The fourth-order valence-electron chi connectivity index (χ4n) is 9.88. The van der Waals surface area contributed by atoms with Crippen molar-refractivity contribution in [1.82, 2.24) is 0 Å². The molecule has 0 heterocycles. The first kappa shape index (κ1) is 60.3. The second-order valence-corrected chi connectivity index (χ2v) is 23.6. The van der Waals surface area contributed by atoms with Crippen molar-refractivity contribution in [3.63, 3.8) is 0 Å². The summed E-state index contributed by atoms with van der Waals surface area (Å²) in [6.07, 6.45) is 0. The SMILES string of the molecule is C=C(C)C.C=C(C)C.CCN(CC)c1ccc(P(c2ccc(N(CC)CC)cc2)c2ccc3ccccc3c2-c2c(P(c3ccc(N(CC)CC)cc3)c3ccc(N(CC)CC)cc3)ccc3ccccc23)cc1.[Ru+3]. The van der Waals surface area contributed by atoms with Crippen LogP contribution in [0, 0.1) is 0 Å². The van der Waals surface area contributed by atoms with E-state index in [1.165, 1.54) is 98.4 Å². The van der Waals surface area contributed by atoms with Crippen LogP contribution in [0.5, 0.6) is 0 Å². The molecule has 0 aliphatic carbocycles. The van der Waals surface area contributed by atoms with Crippen LogP contribution < -0.4 is 51.4 Å². The van der Waals surface area contributed by atoms with Gasteiger partial charge >= 0.3 is 19.5 Å². The number of hydrogen-bond donors (Lipinski definition) is 0. The summed E-state index contributed by atoms with van der Waals surface area (Å²) in [5, 5.41) is 13.3. The van der Waals surface area contributed by atoms with Gasteiger partial charge in [0.2, 0.25) is 0 Å². The van der Waals surface area contributed by atoms with Crippen LogP contribution in [0.1, 0.15) is 83.1 Å². The number of fused-ring (bicyclic) bond motifs is 2. The van der Waals surface area contributed by atoms with Crippen LogP contribution in [-0.2, 0) is 19.5 Å². The Labute approximate surface area is 468 Å². The molecular weight excluding hydrogens is 1040 g/mol. The smallest absolute Gasteiger partial charge is 0.372 e. The summed E-state index contributed by atoms with van der Waals surface area (Å²) >= 11 is 0. The van der Waals surface area contributed by atoms with E-state index in [0.29, 0.717) is 0 Å². The van der Waals surface area contributed by atoms with Crippen molar-refractivity contribution in [2.45, 2.75) is 83.1 Å². The van der Waals surface area contributed by atoms with Gasteiger partial charge in [-0.1, -0.05) is 132 Å². The van der Waals surface area contributed by atoms with E-state index in [9.17, 15) is 0 Å². The van der Waals surface area contributed by atoms with Gasteiger partial charge in [-0.2, -0.15) is 0 Å². The fraction of sp³-hybridized carbons (Fsp3) is 0.294. The first-order valence-corrected chi connectivity index (χ1v) is 29.8. The Bertz CT molecular complexity index is 2700. The molecule has 0 atom stereocenters. The molecule has 0 N–H and O–H groups in total. The number of benzene rings is 8. The second kappa shape index (κ2) is 29.7. The topological polar surface area (TPSA) is 13.0 Å². The van der Waals surface area contributed by atoms with Gasteiger partial charge in [-0.05, 0) is 212 Å². The van der Waals surface area contributed by atoms with Crippen LogP contribution in [0.25, 0.3) is 32.7 Å². The minimum atomic E-state index is -1.01. The molecule has 8 rings (SSSR count). The Morgan fingerprint density at radius 1 is 0.320 bits per heavy atom. The maximum atomic E-state index is 3.56. The van der Waals surface area contributed by atoms with Gasteiger partial charge in [-0.25, -0.2) is 0 Å². The Morgan fingerprint density at radius 2 is 0.533 bits per heavy atom. The van der Waals surface area contributed by atoms with Crippen LogP contribution in [0.3, 0.4) is 0 Å². The summed E-state index contributed by atoms with van der Waals surface area (Å²) in [6, 6.07) is 66.1. The predicted molar refractivity (Wildman–Crippen MR) is 340 cm³/mol. The van der Waals surface area contributed by atoms with Crippen LogP contribution in [0.15, 0.2) is 194 Å². The van der Waals surface area contributed by atoms with Crippen LogP contribution in [0.4, 0.5) is 22.7 Å². The molecule has 391 valence electrons. The third-order valence-electron chi connectivity index (χ3n) is 13.5. The molecular formula is C68H84N4P2Ru+3. The van der Waals surface area contributed by atoms with Crippen molar-refractivity contribution >= 4 is 92.0 Å². The van der Waals surface area contributed by atoms with E-state index in [-0.39, 0.29) is 19.5 Å². The maximum absolute atomic E-state index is 3.56. The molecule has 1 radical (unpaired) electrons. The normalized spacial score (nSPS) is 10.8. The number of allylic oxidation sites excluding steroid dienone is 2. The first-order chi connectivity index (χ1) is 35.9. The van der Waals surface area contributed by atoms with Gasteiger partial charge in [0.15, 0.2) is 0 Å². The van der Waals surface area contributed by atoms with E-state index in [2.05, 4.69) is 258 Å². The zero-order chi connectivity index (χ0) is 53.3. The minimum Gasteiger partial charge on any atom is -0.372 e.